The standard InChI is InChI=1S/C10H9NO2/c11-6-5-8-7-12-9-3-1-2-4-10(9)13-8/h1-4,8H,5,7H2/t8-/m1/s1. The fraction of sp³-hybridized carbons (Fsp3) is 0.300. The molecule has 0 saturated carbocycles. The molecule has 0 aromatic heterocycles. The molecule has 0 aliphatic carbocycles. The largest absolute Gasteiger partial charge is 0.486 e. The Morgan fingerprint density at radius 1 is 1.38 bits per heavy atom. The Labute approximate surface area is 76.5 Å². The molecule has 66 valence electrons. The smallest absolute Gasteiger partial charge is 0.161 e. The number of hydrogen-bond acceptors (Lipinski definition) is 3. The zero-order chi connectivity index (χ0) is 9.10. The molecule has 0 amide bonds. The van der Waals surface area contributed by atoms with Crippen LogP contribution in [0.2, 0.25) is 0 Å². The molecule has 0 N–H and O–H groups in total. The fourth-order valence-electron chi connectivity index (χ4n) is 1.27. The lowest BCUT2D eigenvalue weighted by atomic mass is 10.2. The second kappa shape index (κ2) is 3.36. The van der Waals surface area contributed by atoms with Crippen LogP contribution in [-0.2, 0) is 0 Å². The summed E-state index contributed by atoms with van der Waals surface area (Å²) in [4.78, 5) is 0. The Balaban J connectivity index is 2.16. The van der Waals surface area contributed by atoms with Crippen LogP contribution < -0.4 is 9.47 Å². The molecule has 1 aliphatic rings. The van der Waals surface area contributed by atoms with E-state index in [0.29, 0.717) is 13.0 Å². The second-order valence-corrected chi connectivity index (χ2v) is 2.86. The maximum absolute atomic E-state index is 8.48. The molecule has 1 aliphatic heterocycles. The Morgan fingerprint density at radius 2 is 2.15 bits per heavy atom. The van der Waals surface area contributed by atoms with Crippen molar-refractivity contribution in [3.05, 3.63) is 24.3 Å². The highest BCUT2D eigenvalue weighted by Gasteiger charge is 2.19. The number of benzene rings is 1. The van der Waals surface area contributed by atoms with Crippen LogP contribution in [0.15, 0.2) is 24.3 Å². The van der Waals surface area contributed by atoms with Gasteiger partial charge in [0.05, 0.1) is 12.5 Å². The third-order valence-corrected chi connectivity index (χ3v) is 1.89. The van der Waals surface area contributed by atoms with Gasteiger partial charge in [0.2, 0.25) is 0 Å². The first-order valence-electron chi connectivity index (χ1n) is 4.15. The summed E-state index contributed by atoms with van der Waals surface area (Å²) in [6.07, 6.45) is 0.244. The van der Waals surface area contributed by atoms with E-state index in [-0.39, 0.29) is 6.10 Å². The van der Waals surface area contributed by atoms with Gasteiger partial charge in [-0.15, -0.1) is 0 Å². The van der Waals surface area contributed by atoms with Gasteiger partial charge in [-0.2, -0.15) is 5.26 Å². The van der Waals surface area contributed by atoms with Gasteiger partial charge in [0.25, 0.3) is 0 Å². The third kappa shape index (κ3) is 1.57. The van der Waals surface area contributed by atoms with E-state index in [4.69, 9.17) is 14.7 Å². The Hall–Kier alpha value is -1.69. The Kier molecular flexibility index (Phi) is 2.05. The predicted molar refractivity (Wildman–Crippen MR) is 46.6 cm³/mol. The van der Waals surface area contributed by atoms with Gasteiger partial charge >= 0.3 is 0 Å². The molecule has 0 unspecified atom stereocenters. The second-order valence-electron chi connectivity index (χ2n) is 2.86. The molecule has 3 heteroatoms. The summed E-state index contributed by atoms with van der Waals surface area (Å²) >= 11 is 0. The number of nitriles is 1. The fourth-order valence-corrected chi connectivity index (χ4v) is 1.27. The molecule has 1 aromatic rings. The van der Waals surface area contributed by atoms with Crippen molar-refractivity contribution in [1.29, 1.82) is 5.26 Å². The predicted octanol–water partition coefficient (Wildman–Crippen LogP) is 1.74. The number of para-hydroxylation sites is 2. The molecular weight excluding hydrogens is 166 g/mol. The van der Waals surface area contributed by atoms with E-state index < -0.39 is 0 Å². The normalized spacial score (nSPS) is 19.2. The maximum Gasteiger partial charge on any atom is 0.161 e. The Bertz CT molecular complexity index is 343. The average Bonchev–Trinajstić information content (AvgIpc) is 2.18. The zero-order valence-corrected chi connectivity index (χ0v) is 7.06. The maximum atomic E-state index is 8.48. The summed E-state index contributed by atoms with van der Waals surface area (Å²) in [7, 11) is 0. The average molecular weight is 175 g/mol. The van der Waals surface area contributed by atoms with Crippen molar-refractivity contribution in [3.8, 4) is 17.6 Å². The van der Waals surface area contributed by atoms with Gasteiger partial charge in [-0.05, 0) is 12.1 Å². The van der Waals surface area contributed by atoms with E-state index in [1.54, 1.807) is 0 Å². The number of ether oxygens (including phenoxy) is 2. The first-order chi connectivity index (χ1) is 6.40. The van der Waals surface area contributed by atoms with Crippen LogP contribution in [0.25, 0.3) is 0 Å². The van der Waals surface area contributed by atoms with Crippen LogP contribution in [0.4, 0.5) is 0 Å². The minimum atomic E-state index is -0.125. The van der Waals surface area contributed by atoms with Gasteiger partial charge in [-0.1, -0.05) is 12.1 Å². The lowest BCUT2D eigenvalue weighted by Crippen LogP contribution is -2.28. The molecule has 1 aromatic carbocycles. The van der Waals surface area contributed by atoms with Gasteiger partial charge in [0, 0.05) is 0 Å². The summed E-state index contributed by atoms with van der Waals surface area (Å²) in [6.45, 7) is 0.463. The lowest BCUT2D eigenvalue weighted by molar-refractivity contribution is 0.0943. The number of nitrogens with zero attached hydrogens (tertiary/aromatic N) is 1. The van der Waals surface area contributed by atoms with E-state index >= 15 is 0 Å². The van der Waals surface area contributed by atoms with Crippen LogP contribution in [0.1, 0.15) is 6.42 Å². The molecule has 1 atom stereocenters. The quantitative estimate of drug-likeness (QED) is 0.652. The molecule has 1 heterocycles. The third-order valence-electron chi connectivity index (χ3n) is 1.89. The van der Waals surface area contributed by atoms with Gasteiger partial charge in [-0.25, -0.2) is 0 Å². The molecular formula is C10H9NO2. The lowest BCUT2D eigenvalue weighted by Gasteiger charge is -2.24. The number of rotatable bonds is 1. The van der Waals surface area contributed by atoms with Crippen molar-refractivity contribution >= 4 is 0 Å². The minimum absolute atomic E-state index is 0.125. The van der Waals surface area contributed by atoms with E-state index in [2.05, 4.69) is 6.07 Å². The molecule has 0 saturated heterocycles. The van der Waals surface area contributed by atoms with E-state index in [1.165, 1.54) is 0 Å². The van der Waals surface area contributed by atoms with Crippen molar-refractivity contribution in [2.45, 2.75) is 12.5 Å². The summed E-state index contributed by atoms with van der Waals surface area (Å²) in [5.74, 6) is 1.49. The SMILES string of the molecule is N#CC[C@@H]1COc2ccccc2O1. The monoisotopic (exact) mass is 175 g/mol. The summed E-state index contributed by atoms with van der Waals surface area (Å²) in [5.41, 5.74) is 0. The van der Waals surface area contributed by atoms with Gasteiger partial charge in [-0.3, -0.25) is 0 Å². The first-order valence-corrected chi connectivity index (χ1v) is 4.15. The highest BCUT2D eigenvalue weighted by molar-refractivity contribution is 5.40. The zero-order valence-electron chi connectivity index (χ0n) is 7.06. The molecule has 0 fully saturated rings. The van der Waals surface area contributed by atoms with Crippen molar-refractivity contribution in [1.82, 2.24) is 0 Å². The van der Waals surface area contributed by atoms with Gasteiger partial charge in [0.1, 0.15) is 12.7 Å². The molecule has 3 nitrogen and oxygen atoms in total. The summed E-state index contributed by atoms with van der Waals surface area (Å²) < 4.78 is 10.9. The van der Waals surface area contributed by atoms with Crippen LogP contribution >= 0.6 is 0 Å². The molecule has 13 heavy (non-hydrogen) atoms. The van der Waals surface area contributed by atoms with Gasteiger partial charge < -0.3 is 9.47 Å². The Morgan fingerprint density at radius 3 is 2.92 bits per heavy atom. The molecule has 2 rings (SSSR count). The van der Waals surface area contributed by atoms with Crippen LogP contribution in [0.3, 0.4) is 0 Å². The van der Waals surface area contributed by atoms with Crippen LogP contribution in [-0.4, -0.2) is 12.7 Å². The highest BCUT2D eigenvalue weighted by Crippen LogP contribution is 2.31. The van der Waals surface area contributed by atoms with Crippen molar-refractivity contribution in [2.75, 3.05) is 6.61 Å². The van der Waals surface area contributed by atoms with E-state index in [0.717, 1.165) is 11.5 Å². The van der Waals surface area contributed by atoms with E-state index in [9.17, 15) is 0 Å². The van der Waals surface area contributed by atoms with Gasteiger partial charge in [0.15, 0.2) is 11.5 Å². The van der Waals surface area contributed by atoms with Crippen LogP contribution in [0.5, 0.6) is 11.5 Å². The first kappa shape index (κ1) is 7.93. The summed E-state index contributed by atoms with van der Waals surface area (Å²) in [6, 6.07) is 9.55. The topological polar surface area (TPSA) is 42.2 Å². The summed E-state index contributed by atoms with van der Waals surface area (Å²) in [5, 5.41) is 8.48. The van der Waals surface area contributed by atoms with Crippen molar-refractivity contribution in [3.63, 3.8) is 0 Å². The highest BCUT2D eigenvalue weighted by atomic mass is 16.6. The number of fused-ring (bicyclic) bond motifs is 1. The van der Waals surface area contributed by atoms with Crippen LogP contribution in [0, 0.1) is 11.3 Å². The van der Waals surface area contributed by atoms with E-state index in [1.807, 2.05) is 24.3 Å². The van der Waals surface area contributed by atoms with Crippen molar-refractivity contribution < 1.29 is 9.47 Å². The molecule has 0 bridgehead atoms. The number of hydrogen-bond donors (Lipinski definition) is 0. The van der Waals surface area contributed by atoms with Crippen molar-refractivity contribution in [2.24, 2.45) is 0 Å². The molecule has 0 radical (unpaired) electrons. The molecule has 0 spiro atoms. The minimum Gasteiger partial charge on any atom is -0.486 e.